The molecule has 4 heteroatoms. The smallest absolute Gasteiger partial charge is 0.114 e. The molecule has 0 saturated carbocycles. The summed E-state index contributed by atoms with van der Waals surface area (Å²) in [7, 11) is 0. The normalized spacial score (nSPS) is 13.9. The number of imidazole rings is 1. The van der Waals surface area contributed by atoms with E-state index in [-0.39, 0.29) is 5.41 Å². The number of hydrogen-bond donors (Lipinski definition) is 1. The minimum Gasteiger partial charge on any atom is -0.330 e. The predicted molar refractivity (Wildman–Crippen MR) is 79.1 cm³/mol. The Morgan fingerprint density at radius 3 is 2.68 bits per heavy atom. The van der Waals surface area contributed by atoms with E-state index < -0.39 is 0 Å². The van der Waals surface area contributed by atoms with Crippen LogP contribution < -0.4 is 5.73 Å². The van der Waals surface area contributed by atoms with Crippen LogP contribution in [0.3, 0.4) is 0 Å². The molecule has 1 unspecified atom stereocenters. The molecule has 0 aromatic carbocycles. The highest BCUT2D eigenvalue weighted by atomic mass is 15.1. The summed E-state index contributed by atoms with van der Waals surface area (Å²) < 4.78 is 2.26. The Bertz CT molecular complexity index is 551. The Morgan fingerprint density at radius 1 is 1.37 bits per heavy atom. The Hall–Kier alpha value is -1.42. The molecule has 19 heavy (non-hydrogen) atoms. The summed E-state index contributed by atoms with van der Waals surface area (Å²) in [5.74, 6) is 1.40. The van der Waals surface area contributed by atoms with Gasteiger partial charge in [0.2, 0.25) is 0 Å². The summed E-state index contributed by atoms with van der Waals surface area (Å²) in [6, 6.07) is 2.03. The highest BCUT2D eigenvalue weighted by molar-refractivity contribution is 5.74. The third-order valence-corrected chi connectivity index (χ3v) is 3.40. The number of rotatable bonds is 4. The van der Waals surface area contributed by atoms with Crippen LogP contribution in [0.2, 0.25) is 0 Å². The fourth-order valence-electron chi connectivity index (χ4n) is 2.66. The maximum atomic E-state index is 5.99. The van der Waals surface area contributed by atoms with Crippen molar-refractivity contribution in [2.45, 2.75) is 46.6 Å². The van der Waals surface area contributed by atoms with Crippen LogP contribution in [0.5, 0.6) is 0 Å². The molecule has 0 fully saturated rings. The Kier molecular flexibility index (Phi) is 3.90. The second kappa shape index (κ2) is 5.29. The average molecular weight is 260 g/mol. The predicted octanol–water partition coefficient (Wildman–Crippen LogP) is 2.93. The lowest BCUT2D eigenvalue weighted by molar-refractivity contribution is 0.332. The van der Waals surface area contributed by atoms with E-state index in [1.54, 1.807) is 0 Å². The number of aromatic nitrogens is 3. The van der Waals surface area contributed by atoms with Gasteiger partial charge in [-0.3, -0.25) is 4.98 Å². The molecular weight excluding hydrogens is 236 g/mol. The van der Waals surface area contributed by atoms with Gasteiger partial charge >= 0.3 is 0 Å². The second-order valence-corrected chi connectivity index (χ2v) is 6.28. The van der Waals surface area contributed by atoms with Crippen LogP contribution in [-0.2, 0) is 6.54 Å². The van der Waals surface area contributed by atoms with Crippen molar-refractivity contribution in [1.82, 2.24) is 14.5 Å². The van der Waals surface area contributed by atoms with Crippen molar-refractivity contribution in [3.05, 3.63) is 24.3 Å². The van der Waals surface area contributed by atoms with Gasteiger partial charge in [0.1, 0.15) is 11.3 Å². The van der Waals surface area contributed by atoms with Crippen molar-refractivity contribution in [1.29, 1.82) is 0 Å². The van der Waals surface area contributed by atoms with Gasteiger partial charge in [-0.15, -0.1) is 0 Å². The number of nitrogens with zero attached hydrogens (tertiary/aromatic N) is 3. The van der Waals surface area contributed by atoms with Crippen molar-refractivity contribution < 1.29 is 0 Å². The molecule has 2 N–H and O–H groups in total. The van der Waals surface area contributed by atoms with Crippen LogP contribution in [0, 0.1) is 5.41 Å². The topological polar surface area (TPSA) is 56.7 Å². The zero-order chi connectivity index (χ0) is 14.0. The molecule has 0 bridgehead atoms. The van der Waals surface area contributed by atoms with Crippen LogP contribution in [0.1, 0.15) is 45.9 Å². The third-order valence-electron chi connectivity index (χ3n) is 3.40. The lowest BCUT2D eigenvalue weighted by Gasteiger charge is -2.25. The molecule has 2 aromatic heterocycles. The molecular formula is C15H24N4. The summed E-state index contributed by atoms with van der Waals surface area (Å²) in [6.45, 7) is 10.4. The average Bonchev–Trinajstić information content (AvgIpc) is 2.73. The Morgan fingerprint density at radius 2 is 2.11 bits per heavy atom. The van der Waals surface area contributed by atoms with Gasteiger partial charge in [0, 0.05) is 25.2 Å². The van der Waals surface area contributed by atoms with E-state index in [9.17, 15) is 0 Å². The first-order valence-corrected chi connectivity index (χ1v) is 6.96. The maximum absolute atomic E-state index is 5.99. The van der Waals surface area contributed by atoms with Crippen LogP contribution >= 0.6 is 0 Å². The first-order valence-electron chi connectivity index (χ1n) is 6.96. The molecule has 0 amide bonds. The number of hydrogen-bond acceptors (Lipinski definition) is 3. The first kappa shape index (κ1) is 14.0. The lowest BCUT2D eigenvalue weighted by Crippen LogP contribution is -2.22. The number of pyridine rings is 1. The first-order chi connectivity index (χ1) is 8.96. The van der Waals surface area contributed by atoms with Crippen molar-refractivity contribution in [2.24, 2.45) is 11.1 Å². The van der Waals surface area contributed by atoms with E-state index in [2.05, 4.69) is 37.2 Å². The lowest BCUT2D eigenvalue weighted by atomic mass is 9.84. The fourth-order valence-corrected chi connectivity index (χ4v) is 2.66. The molecule has 104 valence electrons. The standard InChI is InChI=1S/C15H24N4/c1-5-19-13-6-7-17-10-12(13)18-14(19)11(9-16)8-15(2,3)4/h6-7,10-11H,5,8-9,16H2,1-4H3. The van der Waals surface area contributed by atoms with Gasteiger partial charge in [0.15, 0.2) is 0 Å². The summed E-state index contributed by atoms with van der Waals surface area (Å²) in [5, 5.41) is 0. The van der Waals surface area contributed by atoms with E-state index in [4.69, 9.17) is 10.7 Å². The maximum Gasteiger partial charge on any atom is 0.114 e. The van der Waals surface area contributed by atoms with Crippen LogP contribution in [0.25, 0.3) is 11.0 Å². The van der Waals surface area contributed by atoms with Crippen molar-refractivity contribution >= 4 is 11.0 Å². The van der Waals surface area contributed by atoms with E-state index in [0.29, 0.717) is 12.5 Å². The Labute approximate surface area is 115 Å². The van der Waals surface area contributed by atoms with Crippen molar-refractivity contribution in [2.75, 3.05) is 6.54 Å². The van der Waals surface area contributed by atoms with E-state index in [0.717, 1.165) is 29.8 Å². The van der Waals surface area contributed by atoms with Crippen molar-refractivity contribution in [3.63, 3.8) is 0 Å². The summed E-state index contributed by atoms with van der Waals surface area (Å²) >= 11 is 0. The van der Waals surface area contributed by atoms with Crippen LogP contribution in [0.4, 0.5) is 0 Å². The van der Waals surface area contributed by atoms with Gasteiger partial charge < -0.3 is 10.3 Å². The highest BCUT2D eigenvalue weighted by Crippen LogP contribution is 2.31. The number of aryl methyl sites for hydroxylation is 1. The second-order valence-electron chi connectivity index (χ2n) is 6.28. The van der Waals surface area contributed by atoms with Gasteiger partial charge in [0.25, 0.3) is 0 Å². The van der Waals surface area contributed by atoms with Gasteiger partial charge in [-0.05, 0) is 24.8 Å². The van der Waals surface area contributed by atoms with Crippen molar-refractivity contribution in [3.8, 4) is 0 Å². The van der Waals surface area contributed by atoms with E-state index >= 15 is 0 Å². The fraction of sp³-hybridized carbons (Fsp3) is 0.600. The number of nitrogens with two attached hydrogens (primary N) is 1. The van der Waals surface area contributed by atoms with E-state index in [1.165, 1.54) is 0 Å². The Balaban J connectivity index is 2.47. The monoisotopic (exact) mass is 260 g/mol. The SMILES string of the molecule is CCn1c(C(CN)CC(C)(C)C)nc2cnccc21. The summed E-state index contributed by atoms with van der Waals surface area (Å²) in [4.78, 5) is 8.91. The quantitative estimate of drug-likeness (QED) is 0.919. The zero-order valence-corrected chi connectivity index (χ0v) is 12.3. The molecule has 2 rings (SSSR count). The molecule has 0 radical (unpaired) electrons. The summed E-state index contributed by atoms with van der Waals surface area (Å²) in [5.41, 5.74) is 8.35. The third kappa shape index (κ3) is 2.95. The minimum absolute atomic E-state index is 0.249. The minimum atomic E-state index is 0.249. The van der Waals surface area contributed by atoms with Crippen LogP contribution in [0.15, 0.2) is 18.5 Å². The number of fused-ring (bicyclic) bond motifs is 1. The molecule has 0 aliphatic heterocycles. The van der Waals surface area contributed by atoms with E-state index in [1.807, 2.05) is 18.5 Å². The molecule has 4 nitrogen and oxygen atoms in total. The van der Waals surface area contributed by atoms with Gasteiger partial charge in [-0.1, -0.05) is 20.8 Å². The molecule has 0 aliphatic carbocycles. The van der Waals surface area contributed by atoms with Gasteiger partial charge in [-0.25, -0.2) is 4.98 Å². The van der Waals surface area contributed by atoms with Gasteiger partial charge in [-0.2, -0.15) is 0 Å². The largest absolute Gasteiger partial charge is 0.330 e. The molecule has 2 heterocycles. The highest BCUT2D eigenvalue weighted by Gasteiger charge is 2.24. The van der Waals surface area contributed by atoms with Crippen LogP contribution in [-0.4, -0.2) is 21.1 Å². The van der Waals surface area contributed by atoms with Gasteiger partial charge in [0.05, 0.1) is 11.7 Å². The molecule has 0 saturated heterocycles. The molecule has 0 spiro atoms. The molecule has 0 aliphatic rings. The summed E-state index contributed by atoms with van der Waals surface area (Å²) in [6.07, 6.45) is 4.69. The molecule has 2 aromatic rings. The molecule has 1 atom stereocenters. The zero-order valence-electron chi connectivity index (χ0n) is 12.3.